The van der Waals surface area contributed by atoms with Gasteiger partial charge in [-0.2, -0.15) is 0 Å². The Morgan fingerprint density at radius 1 is 1.47 bits per heavy atom. The van der Waals surface area contributed by atoms with Crippen molar-refractivity contribution in [3.05, 3.63) is 33.8 Å². The third-order valence-corrected chi connectivity index (χ3v) is 4.27. The SMILES string of the molecule is Cl.O=C(NCCc1ccc(Cl)cc1Cl)C1CSCN1. The van der Waals surface area contributed by atoms with E-state index in [1.54, 1.807) is 23.9 Å². The summed E-state index contributed by atoms with van der Waals surface area (Å²) in [4.78, 5) is 11.7. The zero-order chi connectivity index (χ0) is 13.0. The van der Waals surface area contributed by atoms with Gasteiger partial charge in [0.05, 0.1) is 6.04 Å². The van der Waals surface area contributed by atoms with Gasteiger partial charge >= 0.3 is 0 Å². The van der Waals surface area contributed by atoms with Gasteiger partial charge in [-0.15, -0.1) is 24.2 Å². The van der Waals surface area contributed by atoms with E-state index < -0.39 is 0 Å². The number of nitrogens with one attached hydrogen (secondary N) is 2. The van der Waals surface area contributed by atoms with E-state index in [0.717, 1.165) is 17.2 Å². The van der Waals surface area contributed by atoms with Crippen LogP contribution in [0.5, 0.6) is 0 Å². The Balaban J connectivity index is 0.00000180. The van der Waals surface area contributed by atoms with Gasteiger partial charge in [-0.1, -0.05) is 29.3 Å². The van der Waals surface area contributed by atoms with Gasteiger partial charge in [0.15, 0.2) is 0 Å². The minimum absolute atomic E-state index is 0. The van der Waals surface area contributed by atoms with Crippen LogP contribution in [0, 0.1) is 0 Å². The maximum atomic E-state index is 11.7. The Bertz CT molecular complexity index is 439. The van der Waals surface area contributed by atoms with Crippen LogP contribution in [0.15, 0.2) is 18.2 Å². The highest BCUT2D eigenvalue weighted by molar-refractivity contribution is 7.99. The van der Waals surface area contributed by atoms with Gasteiger partial charge in [-0.3, -0.25) is 10.1 Å². The number of carbonyl (C=O) groups is 1. The van der Waals surface area contributed by atoms with E-state index in [0.29, 0.717) is 23.0 Å². The Morgan fingerprint density at radius 2 is 2.26 bits per heavy atom. The Morgan fingerprint density at radius 3 is 2.89 bits per heavy atom. The molecule has 0 bridgehead atoms. The van der Waals surface area contributed by atoms with Crippen LogP contribution < -0.4 is 10.6 Å². The molecule has 0 radical (unpaired) electrons. The summed E-state index contributed by atoms with van der Waals surface area (Å²) < 4.78 is 0. The molecule has 1 aliphatic rings. The molecule has 106 valence electrons. The van der Waals surface area contributed by atoms with Crippen molar-refractivity contribution in [3.63, 3.8) is 0 Å². The summed E-state index contributed by atoms with van der Waals surface area (Å²) in [6.45, 7) is 0.586. The largest absolute Gasteiger partial charge is 0.354 e. The highest BCUT2D eigenvalue weighted by atomic mass is 35.5. The Labute approximate surface area is 133 Å². The molecule has 1 saturated heterocycles. The average molecular weight is 342 g/mol. The first kappa shape index (κ1) is 16.9. The lowest BCUT2D eigenvalue weighted by Crippen LogP contribution is -2.42. The summed E-state index contributed by atoms with van der Waals surface area (Å²) in [5, 5.41) is 7.31. The molecule has 1 atom stereocenters. The first-order valence-corrected chi connectivity index (χ1v) is 7.60. The molecular weight excluding hydrogens is 327 g/mol. The van der Waals surface area contributed by atoms with Gasteiger partial charge in [0.1, 0.15) is 0 Å². The van der Waals surface area contributed by atoms with E-state index >= 15 is 0 Å². The summed E-state index contributed by atoms with van der Waals surface area (Å²) >= 11 is 13.6. The molecule has 0 saturated carbocycles. The number of hydrogen-bond acceptors (Lipinski definition) is 3. The van der Waals surface area contributed by atoms with E-state index in [9.17, 15) is 4.79 Å². The van der Waals surface area contributed by atoms with Crippen molar-refractivity contribution in [1.29, 1.82) is 0 Å². The zero-order valence-corrected chi connectivity index (χ0v) is 13.3. The second-order valence-corrected chi connectivity index (χ2v) is 5.92. The average Bonchev–Trinajstić information content (AvgIpc) is 2.85. The molecule has 0 aromatic heterocycles. The van der Waals surface area contributed by atoms with Gasteiger partial charge in [0.25, 0.3) is 0 Å². The molecule has 1 amide bonds. The molecule has 1 unspecified atom stereocenters. The first-order chi connectivity index (χ1) is 8.66. The fraction of sp³-hybridized carbons (Fsp3) is 0.417. The van der Waals surface area contributed by atoms with Gasteiger partial charge in [-0.05, 0) is 24.1 Å². The lowest BCUT2D eigenvalue weighted by molar-refractivity contribution is -0.122. The van der Waals surface area contributed by atoms with Crippen LogP contribution in [0.25, 0.3) is 0 Å². The first-order valence-electron chi connectivity index (χ1n) is 5.69. The number of benzene rings is 1. The topological polar surface area (TPSA) is 41.1 Å². The summed E-state index contributed by atoms with van der Waals surface area (Å²) in [5.74, 6) is 1.75. The van der Waals surface area contributed by atoms with E-state index in [1.165, 1.54) is 0 Å². The Kier molecular flexibility index (Phi) is 7.32. The van der Waals surface area contributed by atoms with Crippen LogP contribution in [0.1, 0.15) is 5.56 Å². The van der Waals surface area contributed by atoms with Crippen LogP contribution in [-0.2, 0) is 11.2 Å². The maximum absolute atomic E-state index is 11.7. The van der Waals surface area contributed by atoms with Crippen molar-refractivity contribution in [3.8, 4) is 0 Å². The minimum Gasteiger partial charge on any atom is -0.354 e. The van der Waals surface area contributed by atoms with E-state index in [-0.39, 0.29) is 24.4 Å². The third-order valence-electron chi connectivity index (χ3n) is 2.74. The molecule has 1 heterocycles. The number of thioether (sulfide) groups is 1. The van der Waals surface area contributed by atoms with Crippen molar-refractivity contribution in [2.75, 3.05) is 18.2 Å². The number of hydrogen-bond donors (Lipinski definition) is 2. The molecule has 1 aliphatic heterocycles. The predicted molar refractivity (Wildman–Crippen MR) is 84.7 cm³/mol. The maximum Gasteiger partial charge on any atom is 0.238 e. The number of carbonyl (C=O) groups excluding carboxylic acids is 1. The van der Waals surface area contributed by atoms with E-state index in [2.05, 4.69) is 10.6 Å². The van der Waals surface area contributed by atoms with Crippen molar-refractivity contribution in [2.45, 2.75) is 12.5 Å². The molecule has 1 fully saturated rings. The number of rotatable bonds is 4. The quantitative estimate of drug-likeness (QED) is 0.885. The van der Waals surface area contributed by atoms with Crippen molar-refractivity contribution in [2.24, 2.45) is 0 Å². The molecular formula is C12H15Cl3N2OS. The molecule has 2 rings (SSSR count). The second-order valence-electron chi connectivity index (χ2n) is 4.05. The van der Waals surface area contributed by atoms with Gasteiger partial charge < -0.3 is 5.32 Å². The van der Waals surface area contributed by atoms with Crippen molar-refractivity contribution >= 4 is 53.3 Å². The van der Waals surface area contributed by atoms with Crippen LogP contribution in [-0.4, -0.2) is 30.1 Å². The fourth-order valence-corrected chi connectivity index (χ4v) is 3.18. The number of halogens is 3. The molecule has 1 aromatic carbocycles. The number of amides is 1. The normalized spacial score (nSPS) is 17.9. The van der Waals surface area contributed by atoms with Gasteiger partial charge in [0.2, 0.25) is 5.91 Å². The third kappa shape index (κ3) is 5.04. The summed E-state index contributed by atoms with van der Waals surface area (Å²) in [5.41, 5.74) is 0.995. The highest BCUT2D eigenvalue weighted by Crippen LogP contribution is 2.21. The molecule has 0 aliphatic carbocycles. The standard InChI is InChI=1S/C12H14Cl2N2OS.ClH/c13-9-2-1-8(10(14)5-9)3-4-15-12(17)11-6-18-7-16-11;/h1-2,5,11,16H,3-4,6-7H2,(H,15,17);1H. The lowest BCUT2D eigenvalue weighted by atomic mass is 10.1. The van der Waals surface area contributed by atoms with Crippen LogP contribution in [0.2, 0.25) is 10.0 Å². The molecule has 3 nitrogen and oxygen atoms in total. The van der Waals surface area contributed by atoms with Gasteiger partial charge in [0, 0.05) is 28.2 Å². The van der Waals surface area contributed by atoms with Crippen molar-refractivity contribution < 1.29 is 4.79 Å². The molecule has 1 aromatic rings. The predicted octanol–water partition coefficient (Wildman–Crippen LogP) is 2.74. The summed E-state index contributed by atoms with van der Waals surface area (Å²) in [7, 11) is 0. The monoisotopic (exact) mass is 340 g/mol. The van der Waals surface area contributed by atoms with Crippen LogP contribution >= 0.6 is 47.4 Å². The minimum atomic E-state index is -0.0595. The Hall–Kier alpha value is -0.130. The molecule has 7 heteroatoms. The molecule has 0 spiro atoms. The lowest BCUT2D eigenvalue weighted by Gasteiger charge is -2.11. The van der Waals surface area contributed by atoms with E-state index in [1.807, 2.05) is 6.07 Å². The smallest absolute Gasteiger partial charge is 0.238 e. The molecule has 19 heavy (non-hydrogen) atoms. The summed E-state index contributed by atoms with van der Waals surface area (Å²) in [6.07, 6.45) is 0.710. The van der Waals surface area contributed by atoms with Crippen molar-refractivity contribution in [1.82, 2.24) is 10.6 Å². The zero-order valence-electron chi connectivity index (χ0n) is 10.1. The van der Waals surface area contributed by atoms with E-state index in [4.69, 9.17) is 23.2 Å². The van der Waals surface area contributed by atoms with Crippen LogP contribution in [0.4, 0.5) is 0 Å². The van der Waals surface area contributed by atoms with Crippen LogP contribution in [0.3, 0.4) is 0 Å². The molecule has 2 N–H and O–H groups in total. The highest BCUT2D eigenvalue weighted by Gasteiger charge is 2.21. The van der Waals surface area contributed by atoms with Gasteiger partial charge in [-0.25, -0.2) is 0 Å². The summed E-state index contributed by atoms with van der Waals surface area (Å²) in [6, 6.07) is 5.35. The second kappa shape index (κ2) is 8.22. The fourth-order valence-electron chi connectivity index (χ4n) is 1.73.